The summed E-state index contributed by atoms with van der Waals surface area (Å²) in [5.41, 5.74) is 2.43. The molecule has 5 nitrogen and oxygen atoms in total. The average Bonchev–Trinajstić information content (AvgIpc) is 2.68. The molecule has 1 aromatic heterocycles. The third kappa shape index (κ3) is 3.82. The van der Waals surface area contributed by atoms with E-state index in [0.29, 0.717) is 18.7 Å². The Labute approximate surface area is 148 Å². The molecule has 5 heteroatoms. The van der Waals surface area contributed by atoms with Crippen molar-refractivity contribution >= 4 is 5.91 Å². The molecule has 0 N–H and O–H groups in total. The summed E-state index contributed by atoms with van der Waals surface area (Å²) >= 11 is 0. The standard InChI is InChI=1S/C20H24N2O3/c1-20(25-3)8-10-22(11-9-20)19(23)17-12-16(13-21-14-17)15-4-6-18(24-2)7-5-15/h4-7,12-14H,8-11H2,1-3H3. The zero-order chi connectivity index (χ0) is 17.9. The predicted octanol–water partition coefficient (Wildman–Crippen LogP) is 3.40. The van der Waals surface area contributed by atoms with Crippen molar-refractivity contribution in [3.05, 3.63) is 48.3 Å². The highest BCUT2D eigenvalue weighted by Crippen LogP contribution is 2.27. The van der Waals surface area contributed by atoms with Crippen molar-refractivity contribution in [2.75, 3.05) is 27.3 Å². The van der Waals surface area contributed by atoms with Crippen molar-refractivity contribution in [3.8, 4) is 16.9 Å². The fourth-order valence-electron chi connectivity index (χ4n) is 3.07. The van der Waals surface area contributed by atoms with Gasteiger partial charge in [0.2, 0.25) is 0 Å². The van der Waals surface area contributed by atoms with E-state index in [0.717, 1.165) is 29.7 Å². The van der Waals surface area contributed by atoms with E-state index in [1.54, 1.807) is 26.6 Å². The van der Waals surface area contributed by atoms with E-state index in [1.165, 1.54) is 0 Å². The molecular formula is C20H24N2O3. The van der Waals surface area contributed by atoms with Gasteiger partial charge in [0.1, 0.15) is 5.75 Å². The number of pyridine rings is 1. The molecule has 1 aromatic carbocycles. The van der Waals surface area contributed by atoms with Crippen molar-refractivity contribution in [1.82, 2.24) is 9.88 Å². The Hall–Kier alpha value is -2.40. The maximum atomic E-state index is 12.8. The van der Waals surface area contributed by atoms with Gasteiger partial charge in [-0.3, -0.25) is 9.78 Å². The zero-order valence-corrected chi connectivity index (χ0v) is 15.0. The minimum absolute atomic E-state index is 0.0287. The van der Waals surface area contributed by atoms with Crippen molar-refractivity contribution in [3.63, 3.8) is 0 Å². The van der Waals surface area contributed by atoms with Crippen LogP contribution in [0.5, 0.6) is 5.75 Å². The summed E-state index contributed by atoms with van der Waals surface area (Å²) in [4.78, 5) is 19.0. The van der Waals surface area contributed by atoms with Crippen molar-refractivity contribution in [2.24, 2.45) is 0 Å². The molecular weight excluding hydrogens is 316 g/mol. The number of ether oxygens (including phenoxy) is 2. The first-order valence-electron chi connectivity index (χ1n) is 8.48. The predicted molar refractivity (Wildman–Crippen MR) is 96.8 cm³/mol. The van der Waals surface area contributed by atoms with E-state index < -0.39 is 0 Å². The molecule has 1 fully saturated rings. The van der Waals surface area contributed by atoms with Crippen LogP contribution >= 0.6 is 0 Å². The largest absolute Gasteiger partial charge is 0.497 e. The first-order valence-corrected chi connectivity index (χ1v) is 8.48. The molecule has 132 valence electrons. The normalized spacial score (nSPS) is 16.5. The summed E-state index contributed by atoms with van der Waals surface area (Å²) in [6.45, 7) is 3.51. The number of methoxy groups -OCH3 is 2. The van der Waals surface area contributed by atoms with E-state index in [2.05, 4.69) is 11.9 Å². The molecule has 0 bridgehead atoms. The van der Waals surface area contributed by atoms with Crippen LogP contribution < -0.4 is 4.74 Å². The van der Waals surface area contributed by atoms with Crippen LogP contribution in [0.3, 0.4) is 0 Å². The van der Waals surface area contributed by atoms with Gasteiger partial charge in [0, 0.05) is 38.2 Å². The number of aromatic nitrogens is 1. The third-order valence-electron chi connectivity index (χ3n) is 5.01. The Kier molecular flexibility index (Phi) is 5.04. The van der Waals surface area contributed by atoms with Crippen LogP contribution in [0.1, 0.15) is 30.1 Å². The highest BCUT2D eigenvalue weighted by atomic mass is 16.5. The lowest BCUT2D eigenvalue weighted by Gasteiger charge is -2.38. The molecule has 2 heterocycles. The van der Waals surface area contributed by atoms with Crippen molar-refractivity contribution in [2.45, 2.75) is 25.4 Å². The second-order valence-corrected chi connectivity index (χ2v) is 6.64. The average molecular weight is 340 g/mol. The lowest BCUT2D eigenvalue weighted by Crippen LogP contribution is -2.46. The molecule has 0 aliphatic carbocycles. The molecule has 25 heavy (non-hydrogen) atoms. The Morgan fingerprint density at radius 3 is 2.36 bits per heavy atom. The minimum Gasteiger partial charge on any atom is -0.497 e. The molecule has 0 unspecified atom stereocenters. The number of amides is 1. The summed E-state index contributed by atoms with van der Waals surface area (Å²) < 4.78 is 10.7. The van der Waals surface area contributed by atoms with Gasteiger partial charge >= 0.3 is 0 Å². The number of carbonyl (C=O) groups excluding carboxylic acids is 1. The summed E-state index contributed by atoms with van der Waals surface area (Å²) in [6.07, 6.45) is 5.11. The van der Waals surface area contributed by atoms with Crippen LogP contribution in [0.15, 0.2) is 42.7 Å². The topological polar surface area (TPSA) is 51.7 Å². The van der Waals surface area contributed by atoms with Crippen LogP contribution in [0.2, 0.25) is 0 Å². The molecule has 1 aliphatic rings. The second kappa shape index (κ2) is 7.23. The highest BCUT2D eigenvalue weighted by Gasteiger charge is 2.32. The molecule has 0 radical (unpaired) electrons. The van der Waals surface area contributed by atoms with Gasteiger partial charge in [-0.2, -0.15) is 0 Å². The fourth-order valence-corrected chi connectivity index (χ4v) is 3.07. The molecule has 0 spiro atoms. The second-order valence-electron chi connectivity index (χ2n) is 6.64. The molecule has 2 aromatic rings. The Balaban J connectivity index is 1.76. The zero-order valence-electron chi connectivity index (χ0n) is 15.0. The van der Waals surface area contributed by atoms with Crippen LogP contribution in [-0.4, -0.2) is 48.7 Å². The van der Waals surface area contributed by atoms with E-state index in [4.69, 9.17) is 9.47 Å². The Morgan fingerprint density at radius 1 is 1.08 bits per heavy atom. The van der Waals surface area contributed by atoms with Gasteiger partial charge in [0.25, 0.3) is 5.91 Å². The van der Waals surface area contributed by atoms with Gasteiger partial charge in [0.05, 0.1) is 18.3 Å². The summed E-state index contributed by atoms with van der Waals surface area (Å²) in [6, 6.07) is 9.64. The maximum absolute atomic E-state index is 12.8. The molecule has 3 rings (SSSR count). The summed E-state index contributed by atoms with van der Waals surface area (Å²) in [5.74, 6) is 0.833. The van der Waals surface area contributed by atoms with Crippen LogP contribution in [0.25, 0.3) is 11.1 Å². The Bertz CT molecular complexity index is 735. The van der Waals surface area contributed by atoms with Gasteiger partial charge < -0.3 is 14.4 Å². The quantitative estimate of drug-likeness (QED) is 0.856. The molecule has 0 atom stereocenters. The SMILES string of the molecule is COc1ccc(-c2cncc(C(=O)N3CCC(C)(OC)CC3)c2)cc1. The Morgan fingerprint density at radius 2 is 1.76 bits per heavy atom. The number of carbonyl (C=O) groups is 1. The number of likely N-dealkylation sites (tertiary alicyclic amines) is 1. The van der Waals surface area contributed by atoms with Gasteiger partial charge in [-0.1, -0.05) is 12.1 Å². The lowest BCUT2D eigenvalue weighted by molar-refractivity contribution is -0.0379. The molecule has 1 saturated heterocycles. The van der Waals surface area contributed by atoms with Crippen LogP contribution in [0.4, 0.5) is 0 Å². The van der Waals surface area contributed by atoms with Crippen LogP contribution in [0, 0.1) is 0 Å². The number of hydrogen-bond donors (Lipinski definition) is 0. The number of rotatable bonds is 4. The number of piperidine rings is 1. The number of nitrogens with zero attached hydrogens (tertiary/aromatic N) is 2. The van der Waals surface area contributed by atoms with E-state index in [9.17, 15) is 4.79 Å². The highest BCUT2D eigenvalue weighted by molar-refractivity contribution is 5.95. The van der Waals surface area contributed by atoms with E-state index in [-0.39, 0.29) is 11.5 Å². The first kappa shape index (κ1) is 17.4. The van der Waals surface area contributed by atoms with E-state index in [1.807, 2.05) is 35.2 Å². The van der Waals surface area contributed by atoms with Crippen molar-refractivity contribution < 1.29 is 14.3 Å². The summed E-state index contributed by atoms with van der Waals surface area (Å²) in [5, 5.41) is 0. The smallest absolute Gasteiger partial charge is 0.255 e. The fraction of sp³-hybridized carbons (Fsp3) is 0.400. The van der Waals surface area contributed by atoms with Gasteiger partial charge in [-0.05, 0) is 43.5 Å². The molecule has 0 saturated carbocycles. The third-order valence-corrected chi connectivity index (χ3v) is 5.01. The lowest BCUT2D eigenvalue weighted by atomic mass is 9.93. The van der Waals surface area contributed by atoms with Crippen molar-refractivity contribution in [1.29, 1.82) is 0 Å². The molecule has 1 aliphatic heterocycles. The number of benzene rings is 1. The van der Waals surface area contributed by atoms with Crippen LogP contribution in [-0.2, 0) is 4.74 Å². The van der Waals surface area contributed by atoms with Gasteiger partial charge in [-0.25, -0.2) is 0 Å². The number of hydrogen-bond acceptors (Lipinski definition) is 4. The maximum Gasteiger partial charge on any atom is 0.255 e. The molecule has 1 amide bonds. The monoisotopic (exact) mass is 340 g/mol. The minimum atomic E-state index is -0.125. The van der Waals surface area contributed by atoms with E-state index >= 15 is 0 Å². The summed E-state index contributed by atoms with van der Waals surface area (Å²) in [7, 11) is 3.38. The first-order chi connectivity index (χ1) is 12.0. The van der Waals surface area contributed by atoms with Gasteiger partial charge in [-0.15, -0.1) is 0 Å². The van der Waals surface area contributed by atoms with Gasteiger partial charge in [0.15, 0.2) is 0 Å².